The van der Waals surface area contributed by atoms with Crippen molar-refractivity contribution in [1.82, 2.24) is 89.2 Å². The zero-order chi connectivity index (χ0) is 48.4. The molecule has 69 heavy (non-hydrogen) atoms. The molecule has 0 bridgehead atoms. The lowest BCUT2D eigenvalue weighted by molar-refractivity contribution is -0.137. The van der Waals surface area contributed by atoms with E-state index in [1.54, 1.807) is 13.7 Å². The van der Waals surface area contributed by atoms with Crippen LogP contribution in [-0.2, 0) is 35.5 Å². The van der Waals surface area contributed by atoms with E-state index in [-0.39, 0.29) is 12.3 Å². The largest absolute Gasteiger partial charge is 0.481 e. The van der Waals surface area contributed by atoms with Gasteiger partial charge in [0.15, 0.2) is 34.6 Å². The first-order valence-corrected chi connectivity index (χ1v) is 23.4. The smallest absolute Gasteiger partial charge is 0.303 e. The number of hydrogen-bond donors (Lipinski definition) is 2. The Kier molecular flexibility index (Phi) is 15.5. The number of amides is 1. The molecule has 2 aliphatic rings. The fourth-order valence-electron chi connectivity index (χ4n) is 8.61. The third-order valence-corrected chi connectivity index (χ3v) is 12.5. The standard InChI is InChI=1S/C24H29N9O.C14H16N6O2.C10H15N3/c1-17-21(18(2)32(28-17)23-9-8-22-27-26-19(3)33(22)29-23)7-10-24(34)31-14-12-30(13-15-31)16-20-6-4-5-11-25-20;1-8-11(4-7-14(21)22)9(2)19(17-8)13-6-5-12-16-15-10(3)20(12)18-13;1-2-4-12-10(3-1)9-13-7-5-11-6-8-13/h4-6,8-9,11H,7,10,12-16H2,1-3H3;5-6H,4,7H2,1-3H3,(H,21,22);1-4,11H,5-9H2. The maximum absolute atomic E-state index is 12.9. The Balaban J connectivity index is 0.000000156. The van der Waals surface area contributed by atoms with Gasteiger partial charge in [-0.25, -0.2) is 9.36 Å². The van der Waals surface area contributed by atoms with Crippen LogP contribution >= 0.6 is 0 Å². The van der Waals surface area contributed by atoms with Gasteiger partial charge in [-0.1, -0.05) is 12.1 Å². The number of carbonyl (C=O) groups is 2. The lowest BCUT2D eigenvalue weighted by Gasteiger charge is -2.34. The zero-order valence-electron chi connectivity index (χ0n) is 40.2. The Labute approximate surface area is 400 Å². The molecule has 10 heterocycles. The molecule has 1 amide bonds. The SMILES string of the molecule is Cc1nn(-c2ccc3nnc(C)n3n2)c(C)c1CCC(=O)N1CCN(Cc2ccccn2)CC1.Cc1nn(-c2ccc3nnc(C)n3n2)c(C)c1CCC(=O)O.c1ccc(CN2CCNCC2)nc1. The second-order valence-corrected chi connectivity index (χ2v) is 17.3. The molecule has 0 unspecified atom stereocenters. The highest BCUT2D eigenvalue weighted by atomic mass is 16.4. The van der Waals surface area contributed by atoms with Gasteiger partial charge in [-0.05, 0) is 114 Å². The summed E-state index contributed by atoms with van der Waals surface area (Å²) in [6, 6.07) is 19.5. The van der Waals surface area contributed by atoms with Gasteiger partial charge in [0.25, 0.3) is 0 Å². The van der Waals surface area contributed by atoms with Crippen LogP contribution in [0.4, 0.5) is 0 Å². The molecule has 0 spiro atoms. The second-order valence-electron chi connectivity index (χ2n) is 17.3. The summed E-state index contributed by atoms with van der Waals surface area (Å²) in [6.07, 6.45) is 5.37. The fraction of sp³-hybridized carbons (Fsp3) is 0.417. The Morgan fingerprint density at radius 2 is 1.04 bits per heavy atom. The Morgan fingerprint density at radius 1 is 0.565 bits per heavy atom. The summed E-state index contributed by atoms with van der Waals surface area (Å²) in [6.45, 7) is 21.1. The fourth-order valence-corrected chi connectivity index (χ4v) is 8.61. The number of pyridine rings is 2. The van der Waals surface area contributed by atoms with Crippen LogP contribution in [0.2, 0.25) is 0 Å². The van der Waals surface area contributed by atoms with Gasteiger partial charge < -0.3 is 15.3 Å². The molecule has 8 aromatic heterocycles. The molecule has 0 atom stereocenters. The predicted octanol–water partition coefficient (Wildman–Crippen LogP) is 3.65. The summed E-state index contributed by atoms with van der Waals surface area (Å²) in [7, 11) is 0. The van der Waals surface area contributed by atoms with Crippen LogP contribution in [-0.4, -0.2) is 153 Å². The number of piperazine rings is 2. The highest BCUT2D eigenvalue weighted by Crippen LogP contribution is 2.21. The van der Waals surface area contributed by atoms with Crippen LogP contribution < -0.4 is 5.32 Å². The molecule has 8 aromatic rings. The van der Waals surface area contributed by atoms with Crippen molar-refractivity contribution in [2.75, 3.05) is 52.4 Å². The topological polar surface area (TPSA) is 224 Å². The number of carboxylic acids is 1. The van der Waals surface area contributed by atoms with E-state index in [1.807, 2.05) is 118 Å². The van der Waals surface area contributed by atoms with E-state index in [9.17, 15) is 9.59 Å². The van der Waals surface area contributed by atoms with Crippen molar-refractivity contribution in [3.8, 4) is 11.6 Å². The summed E-state index contributed by atoms with van der Waals surface area (Å²) in [5, 5.41) is 46.6. The quantitative estimate of drug-likeness (QED) is 0.178. The lowest BCUT2D eigenvalue weighted by atomic mass is 10.1. The van der Waals surface area contributed by atoms with Crippen LogP contribution in [0.1, 0.15) is 69.8 Å². The third-order valence-electron chi connectivity index (χ3n) is 12.5. The molecule has 0 aromatic carbocycles. The minimum absolute atomic E-state index is 0.0877. The maximum Gasteiger partial charge on any atom is 0.303 e. The van der Waals surface area contributed by atoms with Gasteiger partial charge in [-0.2, -0.15) is 19.2 Å². The van der Waals surface area contributed by atoms with Crippen LogP contribution in [0, 0.1) is 41.5 Å². The first-order chi connectivity index (χ1) is 33.4. The average molecular weight is 937 g/mol. The summed E-state index contributed by atoms with van der Waals surface area (Å²) in [4.78, 5) is 39.2. The molecule has 0 saturated carbocycles. The number of aryl methyl sites for hydroxylation is 4. The first-order valence-electron chi connectivity index (χ1n) is 23.4. The number of aliphatic carboxylic acids is 1. The molecule has 2 saturated heterocycles. The van der Waals surface area contributed by atoms with E-state index in [0.29, 0.717) is 48.0 Å². The van der Waals surface area contributed by atoms with Gasteiger partial charge in [0.2, 0.25) is 5.91 Å². The van der Waals surface area contributed by atoms with Gasteiger partial charge in [0.1, 0.15) is 0 Å². The van der Waals surface area contributed by atoms with Gasteiger partial charge >= 0.3 is 5.97 Å². The first kappa shape index (κ1) is 48.1. The van der Waals surface area contributed by atoms with Crippen LogP contribution in [0.3, 0.4) is 0 Å². The van der Waals surface area contributed by atoms with E-state index < -0.39 is 5.97 Å². The molecule has 21 heteroatoms. The lowest BCUT2D eigenvalue weighted by Crippen LogP contribution is -2.48. The van der Waals surface area contributed by atoms with Gasteiger partial charge in [-0.15, -0.1) is 30.6 Å². The van der Waals surface area contributed by atoms with Gasteiger partial charge in [0, 0.05) is 102 Å². The van der Waals surface area contributed by atoms with Crippen molar-refractivity contribution in [3.63, 3.8) is 0 Å². The number of nitrogens with one attached hydrogen (secondary N) is 1. The molecular weight excluding hydrogens is 877 g/mol. The van der Waals surface area contributed by atoms with E-state index >= 15 is 0 Å². The number of carboxylic acid groups (broad SMARTS) is 1. The van der Waals surface area contributed by atoms with Crippen molar-refractivity contribution >= 4 is 23.2 Å². The van der Waals surface area contributed by atoms with Crippen molar-refractivity contribution < 1.29 is 14.7 Å². The summed E-state index contributed by atoms with van der Waals surface area (Å²) in [5.41, 5.74) is 9.31. The summed E-state index contributed by atoms with van der Waals surface area (Å²) < 4.78 is 6.93. The van der Waals surface area contributed by atoms with Crippen LogP contribution in [0.25, 0.3) is 22.9 Å². The molecule has 2 N–H and O–H groups in total. The molecule has 2 aliphatic heterocycles. The van der Waals surface area contributed by atoms with Crippen molar-refractivity contribution in [2.24, 2.45) is 0 Å². The number of rotatable bonds is 12. The molecular formula is C48H60N18O3. The summed E-state index contributed by atoms with van der Waals surface area (Å²) >= 11 is 0. The molecule has 21 nitrogen and oxygen atoms in total. The van der Waals surface area contributed by atoms with Crippen LogP contribution in [0.15, 0.2) is 73.1 Å². The normalized spacial score (nSPS) is 14.4. The number of nitrogens with zero attached hydrogens (tertiary/aromatic N) is 17. The van der Waals surface area contributed by atoms with Crippen molar-refractivity contribution in [2.45, 2.75) is 80.3 Å². The van der Waals surface area contributed by atoms with E-state index in [4.69, 9.17) is 10.2 Å². The Morgan fingerprint density at radius 3 is 1.51 bits per heavy atom. The van der Waals surface area contributed by atoms with E-state index in [0.717, 1.165) is 111 Å². The molecule has 10 rings (SSSR count). The number of hydrogen-bond acceptors (Lipinski definition) is 15. The maximum atomic E-state index is 12.9. The number of aromatic nitrogens is 14. The number of carbonyl (C=O) groups excluding carboxylic acids is 1. The highest BCUT2D eigenvalue weighted by Gasteiger charge is 2.23. The second kappa shape index (κ2) is 22.2. The number of fused-ring (bicyclic) bond motifs is 2. The molecule has 2 fully saturated rings. The monoisotopic (exact) mass is 937 g/mol. The van der Waals surface area contributed by atoms with Gasteiger partial charge in [0.05, 0.1) is 22.8 Å². The van der Waals surface area contributed by atoms with Crippen LogP contribution in [0.5, 0.6) is 0 Å². The highest BCUT2D eigenvalue weighted by molar-refractivity contribution is 5.76. The Hall–Kier alpha value is -7.36. The molecule has 0 aliphatic carbocycles. The summed E-state index contributed by atoms with van der Waals surface area (Å²) in [5.74, 6) is 2.17. The van der Waals surface area contributed by atoms with Crippen molar-refractivity contribution in [1.29, 1.82) is 0 Å². The third kappa shape index (κ3) is 11.9. The molecule has 0 radical (unpaired) electrons. The van der Waals surface area contributed by atoms with Crippen molar-refractivity contribution in [3.05, 3.63) is 130 Å². The minimum atomic E-state index is -0.814. The predicted molar refractivity (Wildman–Crippen MR) is 257 cm³/mol. The molecule has 360 valence electrons. The van der Waals surface area contributed by atoms with Gasteiger partial charge in [-0.3, -0.25) is 29.4 Å². The average Bonchev–Trinajstić information content (AvgIpc) is 4.10. The van der Waals surface area contributed by atoms with E-state index in [1.165, 1.54) is 5.69 Å². The van der Waals surface area contributed by atoms with E-state index in [2.05, 4.69) is 66.8 Å². The minimum Gasteiger partial charge on any atom is -0.481 e. The Bertz CT molecular complexity index is 2980. The zero-order valence-corrected chi connectivity index (χ0v) is 40.2.